The second-order valence-corrected chi connectivity index (χ2v) is 6.00. The molecule has 2 nitrogen and oxygen atoms in total. The molecule has 0 aliphatic carbocycles. The molecule has 1 aliphatic heterocycles. The summed E-state index contributed by atoms with van der Waals surface area (Å²) < 4.78 is 1.47. The second kappa shape index (κ2) is 4.06. The van der Waals surface area contributed by atoms with Crippen LogP contribution in [0.15, 0.2) is 29.6 Å². The molecule has 2 heterocycles. The van der Waals surface area contributed by atoms with Crippen molar-refractivity contribution < 1.29 is 0 Å². The highest BCUT2D eigenvalue weighted by Gasteiger charge is 2.31. The molecular weight excluding hydrogens is 239 g/mol. The third-order valence-corrected chi connectivity index (χ3v) is 4.85. The Labute approximate surface area is 113 Å². The maximum Gasteiger partial charge on any atom is 0.227 e. The van der Waals surface area contributed by atoms with E-state index < -0.39 is 0 Å². The smallest absolute Gasteiger partial charge is 0.227 e. The van der Waals surface area contributed by atoms with Crippen LogP contribution in [0.25, 0.3) is 0 Å². The number of fused-ring (bicyclic) bond motifs is 2. The van der Waals surface area contributed by atoms with E-state index in [2.05, 4.69) is 67.4 Å². The zero-order chi connectivity index (χ0) is 12.9. The van der Waals surface area contributed by atoms with E-state index in [4.69, 9.17) is 0 Å². The number of rotatable bonds is 1. The molecule has 0 bridgehead atoms. The van der Waals surface area contributed by atoms with Gasteiger partial charge >= 0.3 is 0 Å². The Bertz CT molecular complexity index is 591. The van der Waals surface area contributed by atoms with Gasteiger partial charge in [0.2, 0.25) is 6.71 Å². The van der Waals surface area contributed by atoms with Crippen molar-refractivity contribution in [3.63, 3.8) is 0 Å². The van der Waals surface area contributed by atoms with E-state index in [9.17, 15) is 0 Å². The number of hydrogen-bond acceptors (Lipinski definition) is 3. The largest absolute Gasteiger partial charge is 0.378 e. The first kappa shape index (κ1) is 11.7. The van der Waals surface area contributed by atoms with Gasteiger partial charge in [-0.25, -0.2) is 0 Å². The van der Waals surface area contributed by atoms with E-state index in [0.717, 1.165) is 0 Å². The second-order valence-electron chi connectivity index (χ2n) is 5.06. The number of hydrogen-bond donors (Lipinski definition) is 0. The van der Waals surface area contributed by atoms with Crippen molar-refractivity contribution in [1.29, 1.82) is 0 Å². The summed E-state index contributed by atoms with van der Waals surface area (Å²) in [6, 6.07) is 8.80. The van der Waals surface area contributed by atoms with Crippen LogP contribution in [0.1, 0.15) is 0 Å². The van der Waals surface area contributed by atoms with Crippen molar-refractivity contribution in [2.45, 2.75) is 6.82 Å². The average molecular weight is 256 g/mol. The van der Waals surface area contributed by atoms with Crippen LogP contribution in [0.4, 0.5) is 17.1 Å². The molecule has 0 spiro atoms. The highest BCUT2D eigenvalue weighted by Crippen LogP contribution is 2.31. The first-order valence-corrected chi connectivity index (χ1v) is 7.10. The summed E-state index contributed by atoms with van der Waals surface area (Å²) in [5.74, 6) is 0. The van der Waals surface area contributed by atoms with E-state index in [-0.39, 0.29) is 0 Å². The monoisotopic (exact) mass is 256 g/mol. The zero-order valence-corrected chi connectivity index (χ0v) is 12.1. The molecule has 3 rings (SSSR count). The molecular formula is C14H17BN2S. The van der Waals surface area contributed by atoms with Crippen LogP contribution >= 0.6 is 11.3 Å². The number of anilines is 3. The third-order valence-electron chi connectivity index (χ3n) is 3.76. The third kappa shape index (κ3) is 1.48. The molecule has 0 fully saturated rings. The summed E-state index contributed by atoms with van der Waals surface area (Å²) in [4.78, 5) is 4.52. The van der Waals surface area contributed by atoms with Crippen molar-refractivity contribution in [1.82, 2.24) is 0 Å². The standard InChI is InChI=1S/C14H17BN2S/c1-15-13-10(16(2)3)6-5-7-11(13)17(4)12-8-9-18-14(12)15/h5-9H,1-4H3. The molecule has 4 heteroatoms. The lowest BCUT2D eigenvalue weighted by Gasteiger charge is -2.33. The molecule has 1 aliphatic rings. The molecule has 0 amide bonds. The topological polar surface area (TPSA) is 6.48 Å². The van der Waals surface area contributed by atoms with Gasteiger partial charge in [-0.1, -0.05) is 12.9 Å². The highest BCUT2D eigenvalue weighted by atomic mass is 32.1. The van der Waals surface area contributed by atoms with Gasteiger partial charge < -0.3 is 9.80 Å². The molecule has 0 saturated heterocycles. The maximum absolute atomic E-state index is 2.31. The van der Waals surface area contributed by atoms with Crippen LogP contribution in [-0.2, 0) is 0 Å². The Hall–Kier alpha value is -1.42. The van der Waals surface area contributed by atoms with Crippen LogP contribution in [0.5, 0.6) is 0 Å². The first-order chi connectivity index (χ1) is 8.61. The fourth-order valence-corrected chi connectivity index (χ4v) is 3.83. The zero-order valence-electron chi connectivity index (χ0n) is 11.3. The molecule has 1 aromatic heterocycles. The number of thiophene rings is 1. The van der Waals surface area contributed by atoms with Crippen LogP contribution in [0.3, 0.4) is 0 Å². The summed E-state index contributed by atoms with van der Waals surface area (Å²) in [5.41, 5.74) is 5.46. The Morgan fingerprint density at radius 2 is 1.94 bits per heavy atom. The quantitative estimate of drug-likeness (QED) is 0.721. The van der Waals surface area contributed by atoms with Crippen molar-refractivity contribution in [2.75, 3.05) is 30.9 Å². The van der Waals surface area contributed by atoms with Crippen molar-refractivity contribution >= 4 is 45.4 Å². The van der Waals surface area contributed by atoms with Crippen molar-refractivity contribution in [2.24, 2.45) is 0 Å². The van der Waals surface area contributed by atoms with Crippen LogP contribution in [0.2, 0.25) is 6.82 Å². The van der Waals surface area contributed by atoms with Crippen LogP contribution in [0, 0.1) is 0 Å². The van der Waals surface area contributed by atoms with Gasteiger partial charge in [0, 0.05) is 38.2 Å². The minimum atomic E-state index is 0.477. The maximum atomic E-state index is 2.31. The first-order valence-electron chi connectivity index (χ1n) is 6.22. The Morgan fingerprint density at radius 3 is 2.67 bits per heavy atom. The van der Waals surface area contributed by atoms with Crippen molar-refractivity contribution in [3.05, 3.63) is 29.6 Å². The van der Waals surface area contributed by atoms with E-state index in [1.54, 1.807) is 0 Å². The number of benzene rings is 1. The molecule has 0 radical (unpaired) electrons. The molecule has 2 aromatic rings. The molecule has 18 heavy (non-hydrogen) atoms. The molecule has 0 saturated carbocycles. The minimum Gasteiger partial charge on any atom is -0.378 e. The Balaban J connectivity index is 2.26. The van der Waals surface area contributed by atoms with Gasteiger partial charge in [0.15, 0.2) is 0 Å². The van der Waals surface area contributed by atoms with Gasteiger partial charge in [-0.15, -0.1) is 0 Å². The highest BCUT2D eigenvalue weighted by molar-refractivity contribution is 7.25. The average Bonchev–Trinajstić information content (AvgIpc) is 2.84. The SMILES string of the molecule is CB1c2sccc2N(C)c2cccc(N(C)C)c21. The van der Waals surface area contributed by atoms with Crippen LogP contribution < -0.4 is 20.0 Å². The normalized spacial score (nSPS) is 13.3. The van der Waals surface area contributed by atoms with Crippen molar-refractivity contribution in [3.8, 4) is 0 Å². The molecule has 0 N–H and O–H groups in total. The van der Waals surface area contributed by atoms with Gasteiger partial charge in [0.1, 0.15) is 0 Å². The summed E-state index contributed by atoms with van der Waals surface area (Å²) in [7, 11) is 6.40. The van der Waals surface area contributed by atoms with E-state index >= 15 is 0 Å². The lowest BCUT2D eigenvalue weighted by atomic mass is 9.43. The molecule has 92 valence electrons. The van der Waals surface area contributed by atoms with Gasteiger partial charge in [-0.2, -0.15) is 11.3 Å². The predicted molar refractivity (Wildman–Crippen MR) is 84.0 cm³/mol. The molecule has 0 atom stereocenters. The summed E-state index contributed by atoms with van der Waals surface area (Å²) in [6.45, 7) is 2.79. The van der Waals surface area contributed by atoms with E-state index in [0.29, 0.717) is 6.71 Å². The van der Waals surface area contributed by atoms with E-state index in [1.807, 2.05) is 11.3 Å². The minimum absolute atomic E-state index is 0.477. The van der Waals surface area contributed by atoms with Gasteiger partial charge in [0.25, 0.3) is 0 Å². The van der Waals surface area contributed by atoms with Gasteiger partial charge in [-0.3, -0.25) is 0 Å². The summed E-state index contributed by atoms with van der Waals surface area (Å²) in [6.07, 6.45) is 0. The summed E-state index contributed by atoms with van der Waals surface area (Å²) in [5, 5.41) is 2.19. The molecule has 0 unspecified atom stereocenters. The Kier molecular flexibility index (Phi) is 2.63. The fourth-order valence-electron chi connectivity index (χ4n) is 2.84. The predicted octanol–water partition coefficient (Wildman–Crippen LogP) is 2.13. The lowest BCUT2D eigenvalue weighted by molar-refractivity contribution is 1.13. The van der Waals surface area contributed by atoms with Crippen LogP contribution in [-0.4, -0.2) is 27.9 Å². The Morgan fingerprint density at radius 1 is 1.17 bits per heavy atom. The number of nitrogens with zero attached hydrogens (tertiary/aromatic N) is 2. The van der Waals surface area contributed by atoms with Gasteiger partial charge in [0.05, 0.1) is 0 Å². The fraction of sp³-hybridized carbons (Fsp3) is 0.286. The van der Waals surface area contributed by atoms with Gasteiger partial charge in [-0.05, 0) is 33.8 Å². The molecule has 1 aromatic carbocycles. The lowest BCUT2D eigenvalue weighted by Crippen LogP contribution is -2.48. The summed E-state index contributed by atoms with van der Waals surface area (Å²) >= 11 is 1.86. The van der Waals surface area contributed by atoms with E-state index in [1.165, 1.54) is 27.3 Å².